The van der Waals surface area contributed by atoms with Crippen LogP contribution in [0.15, 0.2) is 0 Å². The van der Waals surface area contributed by atoms with Crippen LogP contribution in [0, 0.1) is 5.92 Å². The number of amides is 2. The van der Waals surface area contributed by atoms with Crippen molar-refractivity contribution in [2.45, 2.75) is 39.2 Å². The highest BCUT2D eigenvalue weighted by Gasteiger charge is 2.31. The fourth-order valence-electron chi connectivity index (χ4n) is 2.05. The Balaban J connectivity index is 2.74. The molecule has 0 spiro atoms. The summed E-state index contributed by atoms with van der Waals surface area (Å²) in [5.74, 6) is -1.77. The quantitative estimate of drug-likeness (QED) is 0.737. The SMILES string of the molecule is CC[C@H](C)N(CC(=O)O)C(=O)[C@@H]1CCNC(=O)C1. The van der Waals surface area contributed by atoms with E-state index < -0.39 is 5.97 Å². The van der Waals surface area contributed by atoms with E-state index in [-0.39, 0.29) is 36.7 Å². The molecule has 6 heteroatoms. The number of nitrogens with one attached hydrogen (secondary N) is 1. The van der Waals surface area contributed by atoms with Crippen LogP contribution < -0.4 is 5.32 Å². The van der Waals surface area contributed by atoms with Gasteiger partial charge in [-0.3, -0.25) is 14.4 Å². The highest BCUT2D eigenvalue weighted by atomic mass is 16.4. The lowest BCUT2D eigenvalue weighted by molar-refractivity contribution is -0.149. The van der Waals surface area contributed by atoms with Crippen molar-refractivity contribution in [1.82, 2.24) is 10.2 Å². The van der Waals surface area contributed by atoms with Gasteiger partial charge in [0.2, 0.25) is 11.8 Å². The molecule has 0 bridgehead atoms. The zero-order valence-corrected chi connectivity index (χ0v) is 10.8. The number of aliphatic carboxylic acids is 1. The number of hydrogen-bond donors (Lipinski definition) is 2. The molecule has 0 aromatic carbocycles. The van der Waals surface area contributed by atoms with Gasteiger partial charge in [-0.2, -0.15) is 0 Å². The topological polar surface area (TPSA) is 86.7 Å². The van der Waals surface area contributed by atoms with Crippen molar-refractivity contribution in [1.29, 1.82) is 0 Å². The first-order valence-corrected chi connectivity index (χ1v) is 6.24. The molecule has 1 aliphatic heterocycles. The Labute approximate surface area is 106 Å². The molecule has 0 saturated carbocycles. The van der Waals surface area contributed by atoms with E-state index in [0.29, 0.717) is 19.4 Å². The molecule has 1 rings (SSSR count). The number of carbonyl (C=O) groups excluding carboxylic acids is 2. The second-order valence-corrected chi connectivity index (χ2v) is 4.66. The molecule has 1 aliphatic rings. The Morgan fingerprint density at radius 1 is 1.56 bits per heavy atom. The second kappa shape index (κ2) is 6.37. The molecule has 1 saturated heterocycles. The number of carboxylic acid groups (broad SMARTS) is 1. The summed E-state index contributed by atoms with van der Waals surface area (Å²) in [4.78, 5) is 35.7. The van der Waals surface area contributed by atoms with Gasteiger partial charge < -0.3 is 15.3 Å². The van der Waals surface area contributed by atoms with E-state index in [1.807, 2.05) is 13.8 Å². The molecule has 0 aromatic heterocycles. The van der Waals surface area contributed by atoms with Gasteiger partial charge in [0, 0.05) is 24.9 Å². The van der Waals surface area contributed by atoms with Gasteiger partial charge >= 0.3 is 5.97 Å². The average Bonchev–Trinajstić information content (AvgIpc) is 2.34. The van der Waals surface area contributed by atoms with Crippen LogP contribution in [-0.2, 0) is 14.4 Å². The lowest BCUT2D eigenvalue weighted by Gasteiger charge is -2.32. The summed E-state index contributed by atoms with van der Waals surface area (Å²) in [6, 6.07) is -0.126. The third-order valence-electron chi connectivity index (χ3n) is 3.31. The molecular formula is C12H20N2O4. The molecule has 0 unspecified atom stereocenters. The summed E-state index contributed by atoms with van der Waals surface area (Å²) in [5, 5.41) is 11.5. The molecule has 0 radical (unpaired) electrons. The van der Waals surface area contributed by atoms with Gasteiger partial charge in [0.1, 0.15) is 6.54 Å². The molecule has 0 aromatic rings. The van der Waals surface area contributed by atoms with Crippen molar-refractivity contribution in [3.63, 3.8) is 0 Å². The maximum Gasteiger partial charge on any atom is 0.323 e. The number of carboxylic acids is 1. The minimum absolute atomic E-state index is 0.126. The average molecular weight is 256 g/mol. The first-order chi connectivity index (χ1) is 8.45. The van der Waals surface area contributed by atoms with Crippen LogP contribution in [0.5, 0.6) is 0 Å². The Morgan fingerprint density at radius 2 is 2.22 bits per heavy atom. The number of nitrogens with zero attached hydrogens (tertiary/aromatic N) is 1. The Hall–Kier alpha value is -1.59. The summed E-state index contributed by atoms with van der Waals surface area (Å²) in [6.45, 7) is 3.91. The van der Waals surface area contributed by atoms with E-state index >= 15 is 0 Å². The third kappa shape index (κ3) is 3.72. The van der Waals surface area contributed by atoms with Crippen molar-refractivity contribution >= 4 is 17.8 Å². The summed E-state index contributed by atoms with van der Waals surface area (Å²) in [6.07, 6.45) is 1.43. The standard InChI is InChI=1S/C12H20N2O4/c1-3-8(2)14(7-11(16)17)12(18)9-4-5-13-10(15)6-9/h8-9H,3-7H2,1-2H3,(H,13,15)(H,16,17)/t8-,9+/m0/s1. The maximum absolute atomic E-state index is 12.3. The Morgan fingerprint density at radius 3 is 2.72 bits per heavy atom. The smallest absolute Gasteiger partial charge is 0.323 e. The first kappa shape index (κ1) is 14.5. The van der Waals surface area contributed by atoms with Crippen LogP contribution in [0.1, 0.15) is 33.1 Å². The van der Waals surface area contributed by atoms with Crippen LogP contribution in [0.4, 0.5) is 0 Å². The van der Waals surface area contributed by atoms with Gasteiger partial charge in [-0.25, -0.2) is 0 Å². The largest absolute Gasteiger partial charge is 0.480 e. The summed E-state index contributed by atoms with van der Waals surface area (Å²) in [5.41, 5.74) is 0. The van der Waals surface area contributed by atoms with E-state index in [1.54, 1.807) is 0 Å². The summed E-state index contributed by atoms with van der Waals surface area (Å²) < 4.78 is 0. The fraction of sp³-hybridized carbons (Fsp3) is 0.750. The van der Waals surface area contributed by atoms with Crippen molar-refractivity contribution in [2.75, 3.05) is 13.1 Å². The van der Waals surface area contributed by atoms with Crippen molar-refractivity contribution < 1.29 is 19.5 Å². The predicted molar refractivity (Wildman–Crippen MR) is 64.8 cm³/mol. The lowest BCUT2D eigenvalue weighted by atomic mass is 9.95. The zero-order chi connectivity index (χ0) is 13.7. The summed E-state index contributed by atoms with van der Waals surface area (Å²) >= 11 is 0. The highest BCUT2D eigenvalue weighted by molar-refractivity contribution is 5.88. The Bertz CT molecular complexity index is 343. The number of hydrogen-bond acceptors (Lipinski definition) is 3. The van der Waals surface area contributed by atoms with E-state index in [2.05, 4.69) is 5.32 Å². The molecule has 2 amide bonds. The van der Waals surface area contributed by atoms with Crippen LogP contribution in [0.2, 0.25) is 0 Å². The van der Waals surface area contributed by atoms with E-state index in [9.17, 15) is 14.4 Å². The number of rotatable bonds is 5. The molecule has 1 fully saturated rings. The first-order valence-electron chi connectivity index (χ1n) is 6.24. The van der Waals surface area contributed by atoms with Gasteiger partial charge in [-0.15, -0.1) is 0 Å². The third-order valence-corrected chi connectivity index (χ3v) is 3.31. The summed E-state index contributed by atoms with van der Waals surface area (Å²) in [7, 11) is 0. The normalized spacial score (nSPS) is 21.0. The van der Waals surface area contributed by atoms with Gasteiger partial charge in [-0.1, -0.05) is 6.92 Å². The monoisotopic (exact) mass is 256 g/mol. The number of carbonyl (C=O) groups is 3. The van der Waals surface area contributed by atoms with E-state index in [4.69, 9.17) is 5.11 Å². The van der Waals surface area contributed by atoms with Crippen LogP contribution >= 0.6 is 0 Å². The van der Waals surface area contributed by atoms with Crippen LogP contribution in [0.3, 0.4) is 0 Å². The molecule has 6 nitrogen and oxygen atoms in total. The number of piperidine rings is 1. The highest BCUT2D eigenvalue weighted by Crippen LogP contribution is 2.18. The van der Waals surface area contributed by atoms with Crippen molar-refractivity contribution in [2.24, 2.45) is 5.92 Å². The fourth-order valence-corrected chi connectivity index (χ4v) is 2.05. The predicted octanol–water partition coefficient (Wildman–Crippen LogP) is 0.224. The van der Waals surface area contributed by atoms with Gasteiger partial charge in [0.05, 0.1) is 0 Å². The molecule has 18 heavy (non-hydrogen) atoms. The van der Waals surface area contributed by atoms with Gasteiger partial charge in [-0.05, 0) is 19.8 Å². The van der Waals surface area contributed by atoms with Crippen molar-refractivity contribution in [3.05, 3.63) is 0 Å². The molecule has 1 heterocycles. The second-order valence-electron chi connectivity index (χ2n) is 4.66. The Kier molecular flexibility index (Phi) is 5.12. The molecule has 2 N–H and O–H groups in total. The molecule has 0 aliphatic carbocycles. The minimum atomic E-state index is -1.02. The van der Waals surface area contributed by atoms with Crippen LogP contribution in [-0.4, -0.2) is 46.9 Å². The zero-order valence-electron chi connectivity index (χ0n) is 10.8. The van der Waals surface area contributed by atoms with E-state index in [0.717, 1.165) is 0 Å². The van der Waals surface area contributed by atoms with Crippen LogP contribution in [0.25, 0.3) is 0 Å². The molecule has 2 atom stereocenters. The van der Waals surface area contributed by atoms with Gasteiger partial charge in [0.25, 0.3) is 0 Å². The minimum Gasteiger partial charge on any atom is -0.480 e. The van der Waals surface area contributed by atoms with Crippen molar-refractivity contribution in [3.8, 4) is 0 Å². The lowest BCUT2D eigenvalue weighted by Crippen LogP contribution is -2.48. The molecular weight excluding hydrogens is 236 g/mol. The van der Waals surface area contributed by atoms with Gasteiger partial charge in [0.15, 0.2) is 0 Å². The van der Waals surface area contributed by atoms with E-state index in [1.165, 1.54) is 4.90 Å². The molecule has 102 valence electrons. The maximum atomic E-state index is 12.3.